The van der Waals surface area contributed by atoms with E-state index in [4.69, 9.17) is 9.72 Å². The Labute approximate surface area is 209 Å². The van der Waals surface area contributed by atoms with Gasteiger partial charge >= 0.3 is 0 Å². The van der Waals surface area contributed by atoms with Crippen LogP contribution in [0.5, 0.6) is 5.75 Å². The van der Waals surface area contributed by atoms with Crippen molar-refractivity contribution in [3.05, 3.63) is 70.3 Å². The van der Waals surface area contributed by atoms with Crippen LogP contribution in [-0.4, -0.2) is 41.1 Å². The number of nitrogens with one attached hydrogen (secondary N) is 1. The Bertz CT molecular complexity index is 1170. The van der Waals surface area contributed by atoms with Gasteiger partial charge in [-0.1, -0.05) is 57.5 Å². The first kappa shape index (κ1) is 25.4. The number of hydrogen-bond acceptors (Lipinski definition) is 5. The van der Waals surface area contributed by atoms with Crippen molar-refractivity contribution in [2.75, 3.05) is 26.7 Å². The van der Waals surface area contributed by atoms with E-state index >= 15 is 0 Å². The lowest BCUT2D eigenvalue weighted by atomic mass is 9.90. The number of benzene rings is 2. The fourth-order valence-corrected chi connectivity index (χ4v) is 5.60. The standard InChI is InChI=1S/C29H40N4O2/c1-6-10-26(33-18-20(2)15-21(3)19-33)28-31-25-16-23(13-14-24(25)29(34)32(28)5)35-27(17-30-4)22-11-8-7-9-12-22/h7-9,11-14,16,20-21,26-27,30H,6,10,15,17-19H2,1-5H3/t20-,21+,26-,27-/m1/s1. The second-order valence-corrected chi connectivity index (χ2v) is 10.3. The SMILES string of the molecule is CCC[C@H](c1nc2cc(O[C@H](CNC)c3ccccc3)ccc2c(=O)n1C)N1C[C@H](C)C[C@H](C)C1. The molecule has 0 spiro atoms. The molecule has 3 aromatic rings. The number of fused-ring (bicyclic) bond motifs is 1. The van der Waals surface area contributed by atoms with E-state index in [1.165, 1.54) is 6.42 Å². The molecule has 6 heteroatoms. The van der Waals surface area contributed by atoms with Gasteiger partial charge in [-0.15, -0.1) is 0 Å². The van der Waals surface area contributed by atoms with Crippen LogP contribution in [0.2, 0.25) is 0 Å². The molecule has 0 saturated carbocycles. The summed E-state index contributed by atoms with van der Waals surface area (Å²) < 4.78 is 8.15. The Balaban J connectivity index is 1.71. The van der Waals surface area contributed by atoms with E-state index in [0.29, 0.717) is 29.3 Å². The molecule has 0 amide bonds. The van der Waals surface area contributed by atoms with Crippen LogP contribution >= 0.6 is 0 Å². The van der Waals surface area contributed by atoms with Crippen LogP contribution < -0.4 is 15.6 Å². The Hall–Kier alpha value is -2.70. The fraction of sp³-hybridized carbons (Fsp3) is 0.517. The molecule has 2 heterocycles. The minimum atomic E-state index is -0.131. The van der Waals surface area contributed by atoms with Crippen molar-refractivity contribution in [1.29, 1.82) is 0 Å². The number of piperidine rings is 1. The van der Waals surface area contributed by atoms with Gasteiger partial charge in [-0.05, 0) is 49.4 Å². The molecule has 0 radical (unpaired) electrons. The van der Waals surface area contributed by atoms with Crippen LogP contribution in [0.25, 0.3) is 10.9 Å². The van der Waals surface area contributed by atoms with E-state index in [0.717, 1.165) is 43.1 Å². The Morgan fingerprint density at radius 2 is 1.83 bits per heavy atom. The predicted octanol–water partition coefficient (Wildman–Crippen LogP) is 5.09. The highest BCUT2D eigenvalue weighted by Gasteiger charge is 2.30. The Kier molecular flexibility index (Phi) is 8.24. The van der Waals surface area contributed by atoms with Crippen molar-refractivity contribution < 1.29 is 4.74 Å². The maximum absolute atomic E-state index is 13.4. The predicted molar refractivity (Wildman–Crippen MR) is 143 cm³/mol. The molecular weight excluding hydrogens is 436 g/mol. The summed E-state index contributed by atoms with van der Waals surface area (Å²) in [5.41, 5.74) is 1.82. The third-order valence-corrected chi connectivity index (χ3v) is 7.12. The number of likely N-dealkylation sites (tertiary alicyclic amines) is 1. The lowest BCUT2D eigenvalue weighted by Crippen LogP contribution is -2.43. The van der Waals surface area contributed by atoms with Gasteiger partial charge in [-0.25, -0.2) is 4.98 Å². The van der Waals surface area contributed by atoms with E-state index < -0.39 is 0 Å². The third-order valence-electron chi connectivity index (χ3n) is 7.12. The monoisotopic (exact) mass is 476 g/mol. The molecule has 4 atom stereocenters. The first-order chi connectivity index (χ1) is 16.9. The summed E-state index contributed by atoms with van der Waals surface area (Å²) in [6.45, 7) is 9.65. The highest BCUT2D eigenvalue weighted by molar-refractivity contribution is 5.79. The van der Waals surface area contributed by atoms with Crippen molar-refractivity contribution >= 4 is 10.9 Å². The summed E-state index contributed by atoms with van der Waals surface area (Å²) in [4.78, 5) is 21.0. The molecule has 188 valence electrons. The highest BCUT2D eigenvalue weighted by atomic mass is 16.5. The zero-order valence-electron chi connectivity index (χ0n) is 21.8. The van der Waals surface area contributed by atoms with Crippen molar-refractivity contribution in [1.82, 2.24) is 19.8 Å². The van der Waals surface area contributed by atoms with Crippen molar-refractivity contribution in [2.45, 2.75) is 52.2 Å². The van der Waals surface area contributed by atoms with E-state index in [-0.39, 0.29) is 17.7 Å². The second-order valence-electron chi connectivity index (χ2n) is 10.3. The molecule has 1 fully saturated rings. The van der Waals surface area contributed by atoms with Gasteiger partial charge in [0.1, 0.15) is 17.7 Å². The summed E-state index contributed by atoms with van der Waals surface area (Å²) >= 11 is 0. The molecule has 1 aliphatic heterocycles. The molecule has 4 rings (SSSR count). The Morgan fingerprint density at radius 1 is 1.11 bits per heavy atom. The molecule has 0 bridgehead atoms. The van der Waals surface area contributed by atoms with Crippen LogP contribution in [0, 0.1) is 11.8 Å². The zero-order chi connectivity index (χ0) is 24.9. The van der Waals surface area contributed by atoms with Gasteiger partial charge in [0.05, 0.1) is 16.9 Å². The molecule has 6 nitrogen and oxygen atoms in total. The van der Waals surface area contributed by atoms with Crippen LogP contribution in [0.3, 0.4) is 0 Å². The second kappa shape index (κ2) is 11.4. The van der Waals surface area contributed by atoms with Crippen LogP contribution in [0.15, 0.2) is 53.3 Å². The van der Waals surface area contributed by atoms with Crippen molar-refractivity contribution in [3.8, 4) is 5.75 Å². The van der Waals surface area contributed by atoms with E-state index in [1.807, 2.05) is 50.5 Å². The average molecular weight is 477 g/mol. The molecular formula is C29H40N4O2. The minimum Gasteiger partial charge on any atom is -0.484 e. The number of nitrogens with zero attached hydrogens (tertiary/aromatic N) is 3. The Morgan fingerprint density at radius 3 is 2.49 bits per heavy atom. The third kappa shape index (κ3) is 5.76. The molecule has 0 unspecified atom stereocenters. The van der Waals surface area contributed by atoms with Gasteiger partial charge in [0.15, 0.2) is 0 Å². The summed E-state index contributed by atoms with van der Waals surface area (Å²) in [6, 6.07) is 16.0. The van der Waals surface area contributed by atoms with Gasteiger partial charge in [0.25, 0.3) is 5.56 Å². The number of hydrogen-bond donors (Lipinski definition) is 1. The maximum Gasteiger partial charge on any atom is 0.261 e. The number of likely N-dealkylation sites (N-methyl/N-ethyl adjacent to an activating group) is 1. The summed E-state index contributed by atoms with van der Waals surface area (Å²) in [5.74, 6) is 2.88. The first-order valence-electron chi connectivity index (χ1n) is 13.0. The minimum absolute atomic E-state index is 0.00518. The van der Waals surface area contributed by atoms with E-state index in [9.17, 15) is 4.79 Å². The molecule has 0 aliphatic carbocycles. The van der Waals surface area contributed by atoms with Crippen LogP contribution in [0.1, 0.15) is 63.6 Å². The fourth-order valence-electron chi connectivity index (χ4n) is 5.60. The molecule has 1 aromatic heterocycles. The maximum atomic E-state index is 13.4. The first-order valence-corrected chi connectivity index (χ1v) is 13.0. The molecule has 1 saturated heterocycles. The van der Waals surface area contributed by atoms with Crippen molar-refractivity contribution in [3.63, 3.8) is 0 Å². The van der Waals surface area contributed by atoms with Gasteiger partial charge < -0.3 is 10.1 Å². The quantitative estimate of drug-likeness (QED) is 0.466. The number of ether oxygens (including phenoxy) is 1. The van der Waals surface area contributed by atoms with Gasteiger partial charge in [0, 0.05) is 32.7 Å². The number of rotatable bonds is 9. The van der Waals surface area contributed by atoms with Crippen LogP contribution in [0.4, 0.5) is 0 Å². The molecule has 1 aliphatic rings. The van der Waals surface area contributed by atoms with Crippen molar-refractivity contribution in [2.24, 2.45) is 18.9 Å². The average Bonchev–Trinajstić information content (AvgIpc) is 2.84. The summed E-state index contributed by atoms with van der Waals surface area (Å²) in [6.07, 6.45) is 3.16. The zero-order valence-corrected chi connectivity index (χ0v) is 21.8. The van der Waals surface area contributed by atoms with Gasteiger partial charge in [-0.2, -0.15) is 0 Å². The lowest BCUT2D eigenvalue weighted by Gasteiger charge is -2.40. The topological polar surface area (TPSA) is 59.4 Å². The normalized spacial score (nSPS) is 20.6. The summed E-state index contributed by atoms with van der Waals surface area (Å²) in [5, 5.41) is 3.85. The van der Waals surface area contributed by atoms with Crippen LogP contribution in [-0.2, 0) is 7.05 Å². The lowest BCUT2D eigenvalue weighted by molar-refractivity contribution is 0.0841. The van der Waals surface area contributed by atoms with Gasteiger partial charge in [0.2, 0.25) is 0 Å². The molecule has 2 aromatic carbocycles. The smallest absolute Gasteiger partial charge is 0.261 e. The largest absolute Gasteiger partial charge is 0.484 e. The van der Waals surface area contributed by atoms with Gasteiger partial charge in [-0.3, -0.25) is 14.3 Å². The molecule has 1 N–H and O–H groups in total. The summed E-state index contributed by atoms with van der Waals surface area (Å²) in [7, 11) is 3.79. The number of aromatic nitrogens is 2. The van der Waals surface area contributed by atoms with E-state index in [2.05, 4.69) is 43.1 Å². The van der Waals surface area contributed by atoms with E-state index in [1.54, 1.807) is 4.57 Å². The molecule has 35 heavy (non-hydrogen) atoms. The highest BCUT2D eigenvalue weighted by Crippen LogP contribution is 2.32.